The molecule has 1 aromatic rings. The Morgan fingerprint density at radius 1 is 1.20 bits per heavy atom. The van der Waals surface area contributed by atoms with Crippen LogP contribution in [0.15, 0.2) is 29.2 Å². The maximum atomic E-state index is 12.3. The molecule has 0 aliphatic carbocycles. The van der Waals surface area contributed by atoms with Gasteiger partial charge >= 0.3 is 0 Å². The molecule has 1 N–H and O–H groups in total. The first-order valence-electron chi connectivity index (χ1n) is 4.18. The summed E-state index contributed by atoms with van der Waals surface area (Å²) in [6.07, 6.45) is -2.50. The first kappa shape index (κ1) is 12.1. The normalized spacial score (nSPS) is 14.2. The highest BCUT2D eigenvalue weighted by molar-refractivity contribution is 7.85. The third-order valence-corrected chi connectivity index (χ3v) is 2.95. The van der Waals surface area contributed by atoms with E-state index in [9.17, 15) is 17.2 Å². The predicted octanol–water partition coefficient (Wildman–Crippen LogP) is 2.30. The second-order valence-electron chi connectivity index (χ2n) is 3.17. The van der Waals surface area contributed by atoms with Crippen LogP contribution in [0.25, 0.3) is 0 Å². The highest BCUT2D eigenvalue weighted by Gasteiger charge is 2.17. The summed E-state index contributed by atoms with van der Waals surface area (Å²) < 4.78 is 54.5. The minimum Gasteiger partial charge on any atom is -0.282 e. The molecule has 1 aromatic carbocycles. The summed E-state index contributed by atoms with van der Waals surface area (Å²) in [6.45, 7) is 1.34. The molecule has 0 aliphatic rings. The van der Waals surface area contributed by atoms with E-state index in [1.807, 2.05) is 0 Å². The number of rotatable bonds is 3. The first-order valence-corrected chi connectivity index (χ1v) is 5.62. The Morgan fingerprint density at radius 2 is 1.67 bits per heavy atom. The van der Waals surface area contributed by atoms with Gasteiger partial charge in [0, 0.05) is 5.92 Å². The van der Waals surface area contributed by atoms with Crippen LogP contribution in [0.5, 0.6) is 0 Å². The fourth-order valence-electron chi connectivity index (χ4n) is 1.09. The zero-order chi connectivity index (χ0) is 11.6. The van der Waals surface area contributed by atoms with E-state index in [1.54, 1.807) is 0 Å². The summed E-state index contributed by atoms with van der Waals surface area (Å²) in [5, 5.41) is 0. The van der Waals surface area contributed by atoms with E-state index < -0.39 is 22.5 Å². The molecule has 0 aliphatic heterocycles. The molecule has 0 spiro atoms. The van der Waals surface area contributed by atoms with Crippen molar-refractivity contribution < 1.29 is 21.8 Å². The fourth-order valence-corrected chi connectivity index (χ4v) is 1.57. The zero-order valence-electron chi connectivity index (χ0n) is 7.89. The van der Waals surface area contributed by atoms with Crippen molar-refractivity contribution in [3.05, 3.63) is 29.8 Å². The van der Waals surface area contributed by atoms with Crippen molar-refractivity contribution in [1.82, 2.24) is 0 Å². The van der Waals surface area contributed by atoms with Crippen molar-refractivity contribution >= 4 is 10.1 Å². The van der Waals surface area contributed by atoms with Gasteiger partial charge < -0.3 is 0 Å². The van der Waals surface area contributed by atoms with E-state index in [0.717, 1.165) is 12.1 Å². The van der Waals surface area contributed by atoms with Crippen LogP contribution >= 0.6 is 0 Å². The van der Waals surface area contributed by atoms with Gasteiger partial charge in [0.1, 0.15) is 0 Å². The van der Waals surface area contributed by atoms with Gasteiger partial charge in [-0.3, -0.25) is 4.55 Å². The van der Waals surface area contributed by atoms with Gasteiger partial charge in [0.2, 0.25) is 6.43 Å². The highest BCUT2D eigenvalue weighted by Crippen LogP contribution is 2.23. The SMILES string of the molecule is C[C@H](c1ccc(S(=O)(=O)O)cc1)C(F)F. The average Bonchev–Trinajstić information content (AvgIpc) is 2.15. The third kappa shape index (κ3) is 2.97. The number of alkyl halides is 2. The number of hydrogen-bond donors (Lipinski definition) is 1. The molecule has 0 radical (unpaired) electrons. The van der Waals surface area contributed by atoms with Gasteiger partial charge in [-0.1, -0.05) is 19.1 Å². The summed E-state index contributed by atoms with van der Waals surface area (Å²) in [7, 11) is -4.25. The van der Waals surface area contributed by atoms with E-state index in [-0.39, 0.29) is 4.90 Å². The molecule has 0 amide bonds. The summed E-state index contributed by atoms with van der Waals surface area (Å²) in [5.74, 6) is -0.958. The summed E-state index contributed by atoms with van der Waals surface area (Å²) in [5.41, 5.74) is 0.331. The minimum absolute atomic E-state index is 0.298. The van der Waals surface area contributed by atoms with E-state index in [2.05, 4.69) is 0 Å². The minimum atomic E-state index is -4.25. The van der Waals surface area contributed by atoms with E-state index in [4.69, 9.17) is 4.55 Å². The van der Waals surface area contributed by atoms with Crippen LogP contribution in [0, 0.1) is 0 Å². The quantitative estimate of drug-likeness (QED) is 0.819. The van der Waals surface area contributed by atoms with E-state index >= 15 is 0 Å². The summed E-state index contributed by atoms with van der Waals surface area (Å²) in [4.78, 5) is -0.298. The lowest BCUT2D eigenvalue weighted by Crippen LogP contribution is -2.05. The molecule has 1 atom stereocenters. The molecule has 0 saturated heterocycles. The average molecular weight is 236 g/mol. The molecule has 1 rings (SSSR count). The topological polar surface area (TPSA) is 54.4 Å². The number of benzene rings is 1. The van der Waals surface area contributed by atoms with Crippen LogP contribution in [0.4, 0.5) is 8.78 Å². The molecular weight excluding hydrogens is 226 g/mol. The fraction of sp³-hybridized carbons (Fsp3) is 0.333. The summed E-state index contributed by atoms with van der Waals surface area (Å²) >= 11 is 0. The Hall–Kier alpha value is -1.01. The smallest absolute Gasteiger partial charge is 0.282 e. The van der Waals surface area contributed by atoms with Crippen molar-refractivity contribution in [2.24, 2.45) is 0 Å². The largest absolute Gasteiger partial charge is 0.294 e. The van der Waals surface area contributed by atoms with Gasteiger partial charge in [-0.25, -0.2) is 8.78 Å². The van der Waals surface area contributed by atoms with Crippen molar-refractivity contribution in [3.8, 4) is 0 Å². The Bertz CT molecular complexity index is 425. The Balaban J connectivity index is 3.01. The monoisotopic (exact) mass is 236 g/mol. The van der Waals surface area contributed by atoms with Gasteiger partial charge in [0.15, 0.2) is 0 Å². The molecule has 6 heteroatoms. The Labute approximate surface area is 86.5 Å². The molecule has 0 saturated carbocycles. The molecule has 0 heterocycles. The molecule has 0 bridgehead atoms. The predicted molar refractivity (Wildman–Crippen MR) is 50.7 cm³/mol. The molecule has 84 valence electrons. The van der Waals surface area contributed by atoms with Gasteiger partial charge in [0.25, 0.3) is 10.1 Å². The van der Waals surface area contributed by atoms with Crippen LogP contribution in [0.3, 0.4) is 0 Å². The molecular formula is C9H10F2O3S. The van der Waals surface area contributed by atoms with Crippen LogP contribution in [-0.2, 0) is 10.1 Å². The van der Waals surface area contributed by atoms with Crippen molar-refractivity contribution in [2.45, 2.75) is 24.2 Å². The molecule has 3 nitrogen and oxygen atoms in total. The van der Waals surface area contributed by atoms with Gasteiger partial charge in [-0.15, -0.1) is 0 Å². The lowest BCUT2D eigenvalue weighted by atomic mass is 10.0. The van der Waals surface area contributed by atoms with Gasteiger partial charge in [-0.2, -0.15) is 8.42 Å². The van der Waals surface area contributed by atoms with Gasteiger partial charge in [0.05, 0.1) is 4.90 Å². The Kier molecular flexibility index (Phi) is 3.41. The molecule has 15 heavy (non-hydrogen) atoms. The number of hydrogen-bond acceptors (Lipinski definition) is 2. The Morgan fingerprint density at radius 3 is 2.00 bits per heavy atom. The lowest BCUT2D eigenvalue weighted by Gasteiger charge is -2.10. The third-order valence-electron chi connectivity index (χ3n) is 2.08. The van der Waals surface area contributed by atoms with Crippen molar-refractivity contribution in [3.63, 3.8) is 0 Å². The maximum Gasteiger partial charge on any atom is 0.294 e. The number of halogens is 2. The van der Waals surface area contributed by atoms with Crippen LogP contribution in [0.1, 0.15) is 18.4 Å². The van der Waals surface area contributed by atoms with E-state index in [0.29, 0.717) is 5.56 Å². The van der Waals surface area contributed by atoms with Crippen molar-refractivity contribution in [1.29, 1.82) is 0 Å². The van der Waals surface area contributed by atoms with E-state index in [1.165, 1.54) is 19.1 Å². The first-order chi connectivity index (χ1) is 6.82. The van der Waals surface area contributed by atoms with Crippen LogP contribution in [-0.4, -0.2) is 19.4 Å². The van der Waals surface area contributed by atoms with Gasteiger partial charge in [-0.05, 0) is 17.7 Å². The second-order valence-corrected chi connectivity index (χ2v) is 4.59. The highest BCUT2D eigenvalue weighted by atomic mass is 32.2. The summed E-state index contributed by atoms with van der Waals surface area (Å²) in [6, 6.07) is 4.73. The molecule has 0 unspecified atom stereocenters. The standard InChI is InChI=1S/C9H10F2O3S/c1-6(9(10)11)7-2-4-8(5-3-7)15(12,13)14/h2-6,9H,1H3,(H,12,13,14)/t6-/m1/s1. The van der Waals surface area contributed by atoms with Crippen molar-refractivity contribution in [2.75, 3.05) is 0 Å². The zero-order valence-corrected chi connectivity index (χ0v) is 8.71. The lowest BCUT2D eigenvalue weighted by molar-refractivity contribution is 0.121. The van der Waals surface area contributed by atoms with Crippen LogP contribution in [0.2, 0.25) is 0 Å². The maximum absolute atomic E-state index is 12.3. The molecule has 0 aromatic heterocycles. The molecule has 0 fully saturated rings. The second kappa shape index (κ2) is 4.24. The van der Waals surface area contributed by atoms with Crippen LogP contribution < -0.4 is 0 Å².